The molecule has 0 aromatic heterocycles. The van der Waals surface area contributed by atoms with Gasteiger partial charge in [-0.25, -0.2) is 9.18 Å². The predicted molar refractivity (Wildman–Crippen MR) is 44.9 cm³/mol. The fourth-order valence-electron chi connectivity index (χ4n) is 1.20. The van der Waals surface area contributed by atoms with Gasteiger partial charge in [-0.1, -0.05) is 0 Å². The maximum absolute atomic E-state index is 12.4. The maximum Gasteiger partial charge on any atom is 0.326 e. The maximum atomic E-state index is 12.4. The first-order chi connectivity index (χ1) is 6.02. The van der Waals surface area contributed by atoms with E-state index in [4.69, 9.17) is 0 Å². The molecule has 0 radical (unpaired) electrons. The summed E-state index contributed by atoms with van der Waals surface area (Å²) < 4.78 is 12.4. The zero-order chi connectivity index (χ0) is 10.0. The van der Waals surface area contributed by atoms with Crippen molar-refractivity contribution in [3.8, 4) is 0 Å². The van der Waals surface area contributed by atoms with Gasteiger partial charge in [-0.2, -0.15) is 0 Å². The lowest BCUT2D eigenvalue weighted by molar-refractivity contribution is -0.125. The number of amides is 3. The van der Waals surface area contributed by atoms with Crippen LogP contribution in [0.5, 0.6) is 0 Å². The van der Waals surface area contributed by atoms with E-state index in [9.17, 15) is 14.0 Å². The molecule has 0 N–H and O–H groups in total. The molecule has 1 rings (SSSR count). The van der Waals surface area contributed by atoms with Gasteiger partial charge in [0, 0.05) is 13.6 Å². The highest BCUT2D eigenvalue weighted by molar-refractivity contribution is 6.01. The van der Waals surface area contributed by atoms with Crippen LogP contribution >= 0.6 is 0 Å². The molecule has 4 nitrogen and oxygen atoms in total. The van der Waals surface area contributed by atoms with Crippen molar-refractivity contribution in [3.63, 3.8) is 0 Å². The molecule has 0 spiro atoms. The average Bonchev–Trinajstić information content (AvgIpc) is 2.24. The Balaban J connectivity index is 2.49. The molecule has 1 atom stereocenters. The summed E-state index contributed by atoms with van der Waals surface area (Å²) >= 11 is 0. The lowest BCUT2D eigenvalue weighted by atomic mass is 10.3. The fraction of sp³-hybridized carbons (Fsp3) is 0.750. The number of hydrogen-bond donors (Lipinski definition) is 0. The van der Waals surface area contributed by atoms with E-state index in [-0.39, 0.29) is 31.4 Å². The number of halogens is 1. The number of alkyl halides is 1. The van der Waals surface area contributed by atoms with Crippen molar-refractivity contribution in [3.05, 3.63) is 0 Å². The molecule has 5 heteroatoms. The second-order valence-corrected chi connectivity index (χ2v) is 3.25. The second-order valence-electron chi connectivity index (χ2n) is 3.25. The number of imide groups is 1. The highest BCUT2D eigenvalue weighted by Gasteiger charge is 2.33. The molecule has 13 heavy (non-hydrogen) atoms. The van der Waals surface area contributed by atoms with E-state index in [0.717, 1.165) is 4.90 Å². The predicted octanol–water partition coefficient (Wildman–Crippen LogP) is 0.629. The molecule has 1 saturated heterocycles. The number of urea groups is 1. The van der Waals surface area contributed by atoms with E-state index >= 15 is 0 Å². The van der Waals surface area contributed by atoms with Crippen LogP contribution < -0.4 is 0 Å². The lowest BCUT2D eigenvalue weighted by Gasteiger charge is -2.13. The van der Waals surface area contributed by atoms with Gasteiger partial charge in [-0.15, -0.1) is 0 Å². The van der Waals surface area contributed by atoms with Crippen LogP contribution in [0.1, 0.15) is 13.3 Å². The summed E-state index contributed by atoms with van der Waals surface area (Å²) in [6.45, 7) is 1.70. The number of hydrogen-bond acceptors (Lipinski definition) is 2. The quantitative estimate of drug-likeness (QED) is 0.609. The Kier molecular flexibility index (Phi) is 2.85. The third-order valence-corrected chi connectivity index (χ3v) is 1.98. The van der Waals surface area contributed by atoms with E-state index < -0.39 is 6.17 Å². The van der Waals surface area contributed by atoms with Crippen LogP contribution in [0.2, 0.25) is 0 Å². The summed E-state index contributed by atoms with van der Waals surface area (Å²) in [6.07, 6.45) is -0.766. The first-order valence-corrected chi connectivity index (χ1v) is 4.22. The zero-order valence-electron chi connectivity index (χ0n) is 7.79. The van der Waals surface area contributed by atoms with Gasteiger partial charge in [0.05, 0.1) is 6.17 Å². The molecule has 1 unspecified atom stereocenters. The Labute approximate surface area is 76.3 Å². The van der Waals surface area contributed by atoms with Crippen molar-refractivity contribution >= 4 is 11.9 Å². The van der Waals surface area contributed by atoms with Crippen LogP contribution in [-0.4, -0.2) is 48.0 Å². The van der Waals surface area contributed by atoms with Gasteiger partial charge >= 0.3 is 6.03 Å². The minimum Gasteiger partial charge on any atom is -0.318 e. The largest absolute Gasteiger partial charge is 0.326 e. The second kappa shape index (κ2) is 3.72. The first-order valence-electron chi connectivity index (χ1n) is 4.22. The smallest absolute Gasteiger partial charge is 0.318 e. The zero-order valence-corrected chi connectivity index (χ0v) is 7.79. The fourth-order valence-corrected chi connectivity index (χ4v) is 1.20. The number of nitrogens with zero attached hydrogens (tertiary/aromatic N) is 2. The number of rotatable bonds is 3. The van der Waals surface area contributed by atoms with Gasteiger partial charge in [0.2, 0.25) is 5.91 Å². The van der Waals surface area contributed by atoms with Gasteiger partial charge in [-0.05, 0) is 13.3 Å². The van der Waals surface area contributed by atoms with Crippen molar-refractivity contribution in [2.24, 2.45) is 0 Å². The Bertz CT molecular complexity index is 230. The average molecular weight is 188 g/mol. The molecule has 1 fully saturated rings. The third-order valence-electron chi connectivity index (χ3n) is 1.98. The normalized spacial score (nSPS) is 19.9. The monoisotopic (exact) mass is 188 g/mol. The number of likely N-dealkylation sites (N-methyl/N-ethyl adjacent to an activating group) is 1. The minimum absolute atomic E-state index is 0.111. The van der Waals surface area contributed by atoms with Crippen LogP contribution in [0.15, 0.2) is 0 Å². The van der Waals surface area contributed by atoms with Crippen LogP contribution in [0.25, 0.3) is 0 Å². The lowest BCUT2D eigenvalue weighted by Crippen LogP contribution is -2.33. The molecule has 1 heterocycles. The summed E-state index contributed by atoms with van der Waals surface area (Å²) in [4.78, 5) is 24.8. The molecule has 1 aliphatic heterocycles. The van der Waals surface area contributed by atoms with Crippen LogP contribution in [0.4, 0.5) is 9.18 Å². The van der Waals surface area contributed by atoms with Gasteiger partial charge in [0.15, 0.2) is 0 Å². The van der Waals surface area contributed by atoms with E-state index in [0.29, 0.717) is 0 Å². The van der Waals surface area contributed by atoms with Gasteiger partial charge in [0.1, 0.15) is 6.54 Å². The standard InChI is InChI=1S/C8H13FN2O2/c1-6(9)3-4-11-7(12)5-10(2)8(11)13/h6H,3-5H2,1-2H3. The number of carbonyl (C=O) groups excluding carboxylic acids is 2. The van der Waals surface area contributed by atoms with Crippen LogP contribution in [0.3, 0.4) is 0 Å². The third kappa shape index (κ3) is 2.17. The molecular formula is C8H13FN2O2. The summed E-state index contributed by atoms with van der Waals surface area (Å²) in [6, 6.07) is -0.328. The van der Waals surface area contributed by atoms with Crippen molar-refractivity contribution in [1.82, 2.24) is 9.80 Å². The Morgan fingerprint density at radius 3 is 2.54 bits per heavy atom. The van der Waals surface area contributed by atoms with E-state index in [1.807, 2.05) is 0 Å². The van der Waals surface area contributed by atoms with Crippen molar-refractivity contribution in [2.75, 3.05) is 20.1 Å². The molecule has 0 saturated carbocycles. The molecule has 0 aromatic carbocycles. The highest BCUT2D eigenvalue weighted by Crippen LogP contribution is 2.09. The first kappa shape index (κ1) is 9.95. The van der Waals surface area contributed by atoms with E-state index in [1.54, 1.807) is 7.05 Å². The van der Waals surface area contributed by atoms with Gasteiger partial charge in [0.25, 0.3) is 0 Å². The van der Waals surface area contributed by atoms with Crippen molar-refractivity contribution < 1.29 is 14.0 Å². The summed E-state index contributed by atoms with van der Waals surface area (Å²) in [5, 5.41) is 0. The molecule has 74 valence electrons. The topological polar surface area (TPSA) is 40.6 Å². The summed E-state index contributed by atoms with van der Waals surface area (Å²) in [5.74, 6) is -0.242. The molecule has 1 aliphatic rings. The highest BCUT2D eigenvalue weighted by atomic mass is 19.1. The molecule has 0 aliphatic carbocycles. The van der Waals surface area contributed by atoms with E-state index in [1.165, 1.54) is 11.8 Å². The Hall–Kier alpha value is -1.13. The Morgan fingerprint density at radius 2 is 2.15 bits per heavy atom. The summed E-state index contributed by atoms with van der Waals surface area (Å²) in [5.41, 5.74) is 0. The van der Waals surface area contributed by atoms with Crippen LogP contribution in [-0.2, 0) is 4.79 Å². The van der Waals surface area contributed by atoms with E-state index in [2.05, 4.69) is 0 Å². The minimum atomic E-state index is -0.980. The van der Waals surface area contributed by atoms with Crippen molar-refractivity contribution in [1.29, 1.82) is 0 Å². The molecular weight excluding hydrogens is 175 g/mol. The summed E-state index contributed by atoms with van der Waals surface area (Å²) in [7, 11) is 1.55. The number of carbonyl (C=O) groups is 2. The molecule has 3 amide bonds. The molecule has 0 bridgehead atoms. The van der Waals surface area contributed by atoms with Gasteiger partial charge < -0.3 is 4.90 Å². The molecule has 0 aromatic rings. The van der Waals surface area contributed by atoms with Gasteiger partial charge in [-0.3, -0.25) is 9.69 Å². The SMILES string of the molecule is CC(F)CCN1C(=O)CN(C)C1=O. The van der Waals surface area contributed by atoms with Crippen molar-refractivity contribution in [2.45, 2.75) is 19.5 Å². The Morgan fingerprint density at radius 1 is 1.54 bits per heavy atom. The van der Waals surface area contributed by atoms with Crippen LogP contribution in [0, 0.1) is 0 Å².